The van der Waals surface area contributed by atoms with Crippen LogP contribution in [-0.2, 0) is 0 Å². The molecule has 2 rings (SSSR count). The van der Waals surface area contributed by atoms with E-state index in [1.807, 2.05) is 31.2 Å². The normalized spacial score (nSPS) is 12.4. The molecule has 0 saturated carbocycles. The highest BCUT2D eigenvalue weighted by atomic mass is 35.5. The van der Waals surface area contributed by atoms with Gasteiger partial charge in [0.05, 0.1) is 6.04 Å². The Morgan fingerprint density at radius 3 is 2.14 bits per heavy atom. The first-order valence-corrected chi connectivity index (χ1v) is 6.03. The van der Waals surface area contributed by atoms with Gasteiger partial charge in [0, 0.05) is 0 Å². The molecule has 0 spiro atoms. The van der Waals surface area contributed by atoms with E-state index in [4.69, 9.17) is 5.73 Å². The third kappa shape index (κ3) is 4.95. The first kappa shape index (κ1) is 17.3. The Balaban J connectivity index is 0.00000220. The Hall–Kier alpha value is -1.72. The number of alkyl halides is 3. The van der Waals surface area contributed by atoms with Crippen molar-refractivity contribution in [1.29, 1.82) is 0 Å². The fraction of sp³-hybridized carbons (Fsp3) is 0.200. The second-order valence-electron chi connectivity index (χ2n) is 4.51. The van der Waals surface area contributed by atoms with Gasteiger partial charge in [-0.05, 0) is 30.2 Å². The van der Waals surface area contributed by atoms with Crippen molar-refractivity contribution in [2.75, 3.05) is 0 Å². The van der Waals surface area contributed by atoms with Crippen molar-refractivity contribution in [2.45, 2.75) is 19.3 Å². The quantitative estimate of drug-likeness (QED) is 0.912. The molecule has 21 heavy (non-hydrogen) atoms. The van der Waals surface area contributed by atoms with Gasteiger partial charge < -0.3 is 10.5 Å². The van der Waals surface area contributed by atoms with Gasteiger partial charge in [-0.25, -0.2) is 0 Å². The Labute approximate surface area is 127 Å². The van der Waals surface area contributed by atoms with Crippen molar-refractivity contribution in [3.8, 4) is 5.75 Å². The molecule has 0 fully saturated rings. The molecule has 0 saturated heterocycles. The van der Waals surface area contributed by atoms with E-state index in [0.717, 1.165) is 16.7 Å². The van der Waals surface area contributed by atoms with Crippen molar-refractivity contribution < 1.29 is 17.9 Å². The van der Waals surface area contributed by atoms with Gasteiger partial charge in [0.1, 0.15) is 5.75 Å². The maximum Gasteiger partial charge on any atom is 0.573 e. The molecule has 114 valence electrons. The number of ether oxygens (including phenoxy) is 1. The molecule has 0 radical (unpaired) electrons. The van der Waals surface area contributed by atoms with Crippen LogP contribution in [0, 0.1) is 6.92 Å². The second kappa shape index (κ2) is 6.83. The first-order chi connectivity index (χ1) is 9.35. The Morgan fingerprint density at radius 1 is 1.00 bits per heavy atom. The summed E-state index contributed by atoms with van der Waals surface area (Å²) in [7, 11) is 0. The average molecular weight is 318 g/mol. The first-order valence-electron chi connectivity index (χ1n) is 6.03. The third-order valence-electron chi connectivity index (χ3n) is 2.87. The Kier molecular flexibility index (Phi) is 5.63. The SMILES string of the molecule is Cc1cccc([C@@H](N)c2ccc(OC(F)(F)F)cc2)c1.Cl. The van der Waals surface area contributed by atoms with Crippen LogP contribution in [0.5, 0.6) is 5.75 Å². The molecular formula is C15H15ClF3NO. The molecule has 0 unspecified atom stereocenters. The van der Waals surface area contributed by atoms with E-state index >= 15 is 0 Å². The Bertz CT molecular complexity index is 584. The molecule has 0 aromatic heterocycles. The van der Waals surface area contributed by atoms with Crippen LogP contribution >= 0.6 is 12.4 Å². The number of hydrogen-bond donors (Lipinski definition) is 1. The van der Waals surface area contributed by atoms with Gasteiger partial charge in [-0.3, -0.25) is 0 Å². The molecule has 0 aliphatic heterocycles. The van der Waals surface area contributed by atoms with Crippen molar-refractivity contribution in [3.63, 3.8) is 0 Å². The van der Waals surface area contributed by atoms with Crippen LogP contribution in [0.15, 0.2) is 48.5 Å². The predicted octanol–water partition coefficient (Wildman–Crippen LogP) is 4.36. The highest BCUT2D eigenvalue weighted by molar-refractivity contribution is 5.85. The van der Waals surface area contributed by atoms with E-state index in [-0.39, 0.29) is 24.2 Å². The summed E-state index contributed by atoms with van der Waals surface area (Å²) in [6.45, 7) is 1.95. The largest absolute Gasteiger partial charge is 0.573 e. The zero-order chi connectivity index (χ0) is 14.8. The molecule has 2 N–H and O–H groups in total. The zero-order valence-electron chi connectivity index (χ0n) is 11.2. The van der Waals surface area contributed by atoms with Gasteiger partial charge in [-0.2, -0.15) is 0 Å². The van der Waals surface area contributed by atoms with Crippen LogP contribution in [0.4, 0.5) is 13.2 Å². The number of halogens is 4. The molecule has 0 amide bonds. The maximum atomic E-state index is 12.1. The fourth-order valence-electron chi connectivity index (χ4n) is 1.93. The van der Waals surface area contributed by atoms with E-state index in [1.54, 1.807) is 0 Å². The van der Waals surface area contributed by atoms with Crippen LogP contribution in [-0.4, -0.2) is 6.36 Å². The number of aryl methyl sites for hydroxylation is 1. The minimum atomic E-state index is -4.68. The lowest BCUT2D eigenvalue weighted by Gasteiger charge is -2.14. The van der Waals surface area contributed by atoms with Crippen LogP contribution in [0.1, 0.15) is 22.7 Å². The maximum absolute atomic E-state index is 12.1. The summed E-state index contributed by atoms with van der Waals surface area (Å²) in [4.78, 5) is 0. The Morgan fingerprint density at radius 2 is 1.62 bits per heavy atom. The lowest BCUT2D eigenvalue weighted by Crippen LogP contribution is -2.17. The predicted molar refractivity (Wildman–Crippen MR) is 77.6 cm³/mol. The van der Waals surface area contributed by atoms with Gasteiger partial charge in [0.15, 0.2) is 0 Å². The topological polar surface area (TPSA) is 35.2 Å². The van der Waals surface area contributed by atoms with Gasteiger partial charge in [0.25, 0.3) is 0 Å². The van der Waals surface area contributed by atoms with E-state index in [2.05, 4.69) is 4.74 Å². The molecule has 6 heteroatoms. The molecule has 0 aliphatic rings. The van der Waals surface area contributed by atoms with Crippen LogP contribution in [0.3, 0.4) is 0 Å². The van der Waals surface area contributed by atoms with Crippen molar-refractivity contribution >= 4 is 12.4 Å². The number of benzene rings is 2. The third-order valence-corrected chi connectivity index (χ3v) is 2.87. The molecular weight excluding hydrogens is 303 g/mol. The summed E-state index contributed by atoms with van der Waals surface area (Å²) in [6, 6.07) is 12.9. The standard InChI is InChI=1S/C15H14F3NO.ClH/c1-10-3-2-4-12(9-10)14(19)11-5-7-13(8-6-11)20-15(16,17)18;/h2-9,14H,19H2,1H3;1H/t14-;/m0./s1. The average Bonchev–Trinajstić information content (AvgIpc) is 2.37. The van der Waals surface area contributed by atoms with Crippen molar-refractivity contribution in [2.24, 2.45) is 5.73 Å². The molecule has 0 bridgehead atoms. The van der Waals surface area contributed by atoms with E-state index in [0.29, 0.717) is 0 Å². The van der Waals surface area contributed by atoms with Crippen LogP contribution in [0.2, 0.25) is 0 Å². The molecule has 2 nitrogen and oxygen atoms in total. The summed E-state index contributed by atoms with van der Waals surface area (Å²) in [5, 5.41) is 0. The minimum Gasteiger partial charge on any atom is -0.406 e. The number of rotatable bonds is 3. The zero-order valence-corrected chi connectivity index (χ0v) is 12.0. The smallest absolute Gasteiger partial charge is 0.406 e. The minimum absolute atomic E-state index is 0. The highest BCUT2D eigenvalue weighted by Gasteiger charge is 2.31. The van der Waals surface area contributed by atoms with Gasteiger partial charge >= 0.3 is 6.36 Å². The van der Waals surface area contributed by atoms with E-state index < -0.39 is 6.36 Å². The van der Waals surface area contributed by atoms with Gasteiger partial charge in [0.2, 0.25) is 0 Å². The van der Waals surface area contributed by atoms with E-state index in [1.165, 1.54) is 24.3 Å². The highest BCUT2D eigenvalue weighted by Crippen LogP contribution is 2.26. The molecule has 2 aromatic carbocycles. The lowest BCUT2D eigenvalue weighted by molar-refractivity contribution is -0.274. The lowest BCUT2D eigenvalue weighted by atomic mass is 9.98. The molecule has 1 atom stereocenters. The fourth-order valence-corrected chi connectivity index (χ4v) is 1.93. The monoisotopic (exact) mass is 317 g/mol. The summed E-state index contributed by atoms with van der Waals surface area (Å²) in [5.41, 5.74) is 8.82. The van der Waals surface area contributed by atoms with Crippen LogP contribution < -0.4 is 10.5 Å². The van der Waals surface area contributed by atoms with E-state index in [9.17, 15) is 13.2 Å². The second-order valence-corrected chi connectivity index (χ2v) is 4.51. The summed E-state index contributed by atoms with van der Waals surface area (Å²) in [6.07, 6.45) is -4.68. The van der Waals surface area contributed by atoms with Crippen molar-refractivity contribution in [3.05, 3.63) is 65.2 Å². The van der Waals surface area contributed by atoms with Crippen molar-refractivity contribution in [1.82, 2.24) is 0 Å². The van der Waals surface area contributed by atoms with Gasteiger partial charge in [-0.15, -0.1) is 25.6 Å². The summed E-state index contributed by atoms with van der Waals surface area (Å²) in [5.74, 6) is -0.252. The summed E-state index contributed by atoms with van der Waals surface area (Å²) >= 11 is 0. The van der Waals surface area contributed by atoms with Crippen LogP contribution in [0.25, 0.3) is 0 Å². The molecule has 0 aliphatic carbocycles. The molecule has 0 heterocycles. The number of nitrogens with two attached hydrogens (primary N) is 1. The molecule has 2 aromatic rings. The number of hydrogen-bond acceptors (Lipinski definition) is 2. The summed E-state index contributed by atoms with van der Waals surface area (Å²) < 4.78 is 40.0. The van der Waals surface area contributed by atoms with Gasteiger partial charge in [-0.1, -0.05) is 42.0 Å².